The number of rotatable bonds is 29. The molecular formula is C62H78N4O7Si. The van der Waals surface area contributed by atoms with Crippen molar-refractivity contribution in [3.63, 3.8) is 0 Å². The van der Waals surface area contributed by atoms with Crippen molar-refractivity contribution in [3.05, 3.63) is 89.0 Å². The number of fused-ring (bicyclic) bond motifs is 5. The Morgan fingerprint density at radius 1 is 0.473 bits per heavy atom. The first-order valence-electron chi connectivity index (χ1n) is 28.2. The fourth-order valence-corrected chi connectivity index (χ4v) is 14.2. The van der Waals surface area contributed by atoms with Crippen LogP contribution in [0.25, 0.3) is 65.5 Å². The van der Waals surface area contributed by atoms with Crippen LogP contribution in [0.15, 0.2) is 66.7 Å². The van der Waals surface area contributed by atoms with E-state index in [0.717, 1.165) is 166 Å². The summed E-state index contributed by atoms with van der Waals surface area (Å²) in [6.45, 7) is 9.14. The average Bonchev–Trinajstić information content (AvgIpc) is 3.80. The SMILES string of the molecule is CCCCCCC(CCCCCC)N1C(=O)c2ccc3c4ccc5c6c(c7c(nc(-c8ccccc8)n7CC[Si](OC)(OC)OC)c(c7ccc(c2c37)C1=O)c64)C(=O)N(C(CCCCCC)CCCCCC)C5=O. The number of amides is 4. The van der Waals surface area contributed by atoms with Crippen molar-refractivity contribution in [3.8, 4) is 11.4 Å². The number of hydrogen-bond donors (Lipinski definition) is 0. The van der Waals surface area contributed by atoms with Gasteiger partial charge in [0, 0.05) is 89.8 Å². The van der Waals surface area contributed by atoms with Gasteiger partial charge in [0.2, 0.25) is 0 Å². The van der Waals surface area contributed by atoms with E-state index >= 15 is 19.2 Å². The summed E-state index contributed by atoms with van der Waals surface area (Å²) in [7, 11) is 1.63. The molecule has 2 aliphatic rings. The number of imidazole rings is 1. The van der Waals surface area contributed by atoms with E-state index in [4.69, 9.17) is 18.3 Å². The average molecular weight is 1020 g/mol. The molecule has 0 fully saturated rings. The molecule has 7 aromatic rings. The number of benzene rings is 6. The second kappa shape index (κ2) is 23.6. The van der Waals surface area contributed by atoms with E-state index in [-0.39, 0.29) is 35.7 Å². The molecule has 0 spiro atoms. The van der Waals surface area contributed by atoms with Gasteiger partial charge in [-0.25, -0.2) is 4.98 Å². The zero-order valence-corrected chi connectivity index (χ0v) is 46.2. The molecule has 0 saturated heterocycles. The van der Waals surface area contributed by atoms with Crippen LogP contribution in [0.4, 0.5) is 0 Å². The summed E-state index contributed by atoms with van der Waals surface area (Å²) in [5.74, 6) is -0.385. The molecular weight excluding hydrogens is 941 g/mol. The lowest BCUT2D eigenvalue weighted by atomic mass is 9.81. The van der Waals surface area contributed by atoms with Crippen LogP contribution in [0, 0.1) is 0 Å². The standard InChI is InChI=1S/C62H78N4O7Si/c1-8-12-16-23-29-42(30-24-17-13-9-2)65-59(67)47-36-33-44-45-34-37-49-53-52(45)54(46-35-38-48(60(65)68)51(47)50(44)46)56-57(64(39-40-74(71-5,72-6)73-7)58(63-56)41-27-21-20-22-28-41)55(53)62(70)66(61(49)69)43(31-25-18-14-10-3)32-26-19-15-11-4/h20-22,27-28,33-38,42-43H,8-19,23-26,29-32,39-40H2,1-7H3. The fraction of sp³-hybridized carbons (Fsp3) is 0.500. The van der Waals surface area contributed by atoms with Crippen molar-refractivity contribution >= 4 is 86.6 Å². The molecule has 74 heavy (non-hydrogen) atoms. The van der Waals surface area contributed by atoms with E-state index in [1.54, 1.807) is 31.1 Å². The minimum absolute atomic E-state index is 0.186. The second-order valence-electron chi connectivity index (χ2n) is 21.1. The highest BCUT2D eigenvalue weighted by Gasteiger charge is 2.44. The van der Waals surface area contributed by atoms with Gasteiger partial charge in [-0.15, -0.1) is 0 Å². The van der Waals surface area contributed by atoms with E-state index < -0.39 is 8.80 Å². The number of aryl methyl sites for hydroxylation is 1. The Hall–Kier alpha value is -5.53. The van der Waals surface area contributed by atoms with Gasteiger partial charge >= 0.3 is 8.80 Å². The molecule has 392 valence electrons. The normalized spacial score (nSPS) is 14.2. The monoisotopic (exact) mass is 1020 g/mol. The number of carbonyl (C=O) groups is 4. The Balaban J connectivity index is 1.32. The predicted molar refractivity (Wildman–Crippen MR) is 302 cm³/mol. The Morgan fingerprint density at radius 2 is 0.919 bits per heavy atom. The van der Waals surface area contributed by atoms with Crippen LogP contribution in [-0.2, 0) is 19.8 Å². The van der Waals surface area contributed by atoms with Crippen LogP contribution in [-0.4, -0.2) is 85.2 Å². The molecule has 12 heteroatoms. The summed E-state index contributed by atoms with van der Waals surface area (Å²) >= 11 is 0. The van der Waals surface area contributed by atoms with Crippen molar-refractivity contribution in [1.29, 1.82) is 0 Å². The molecule has 0 aliphatic carbocycles. The van der Waals surface area contributed by atoms with Crippen molar-refractivity contribution in [1.82, 2.24) is 19.4 Å². The number of nitrogens with zero attached hydrogens (tertiary/aromatic N) is 4. The molecule has 0 radical (unpaired) electrons. The Kier molecular flexibility index (Phi) is 17.0. The lowest BCUT2D eigenvalue weighted by Gasteiger charge is -2.36. The van der Waals surface area contributed by atoms with Crippen molar-refractivity contribution in [2.45, 2.75) is 181 Å². The van der Waals surface area contributed by atoms with E-state index in [1.807, 2.05) is 66.7 Å². The second-order valence-corrected chi connectivity index (χ2v) is 24.2. The van der Waals surface area contributed by atoms with Gasteiger partial charge in [0.15, 0.2) is 0 Å². The number of hydrogen-bond acceptors (Lipinski definition) is 8. The van der Waals surface area contributed by atoms with Gasteiger partial charge in [-0.3, -0.25) is 29.0 Å². The molecule has 3 heterocycles. The third-order valence-electron chi connectivity index (χ3n) is 16.5. The van der Waals surface area contributed by atoms with Gasteiger partial charge in [-0.1, -0.05) is 179 Å². The molecule has 1 aromatic heterocycles. The van der Waals surface area contributed by atoms with E-state index in [2.05, 4.69) is 32.3 Å². The molecule has 0 atom stereocenters. The van der Waals surface area contributed by atoms with Crippen molar-refractivity contribution in [2.24, 2.45) is 0 Å². The maximum Gasteiger partial charge on any atom is 0.501 e. The number of carbonyl (C=O) groups excluding carboxylic acids is 4. The minimum atomic E-state index is -3.20. The molecule has 0 bridgehead atoms. The van der Waals surface area contributed by atoms with Crippen LogP contribution >= 0.6 is 0 Å². The lowest BCUT2D eigenvalue weighted by Crippen LogP contribution is -2.47. The number of imide groups is 2. The molecule has 0 N–H and O–H groups in total. The van der Waals surface area contributed by atoms with Crippen LogP contribution < -0.4 is 0 Å². The van der Waals surface area contributed by atoms with E-state index in [0.29, 0.717) is 62.5 Å². The van der Waals surface area contributed by atoms with Gasteiger partial charge in [-0.2, -0.15) is 0 Å². The summed E-state index contributed by atoms with van der Waals surface area (Å²) in [5, 5.41) is 6.18. The van der Waals surface area contributed by atoms with Gasteiger partial charge in [0.1, 0.15) is 5.82 Å². The summed E-state index contributed by atoms with van der Waals surface area (Å²) in [6, 6.07) is 21.8. The highest BCUT2D eigenvalue weighted by atomic mass is 28.4. The number of unbranched alkanes of at least 4 members (excludes halogenated alkanes) is 12. The molecule has 9 rings (SSSR count). The maximum atomic E-state index is 16.1. The largest absolute Gasteiger partial charge is 0.501 e. The predicted octanol–water partition coefficient (Wildman–Crippen LogP) is 15.4. The molecule has 11 nitrogen and oxygen atoms in total. The Bertz CT molecular complexity index is 3110. The summed E-state index contributed by atoms with van der Waals surface area (Å²) in [4.78, 5) is 70.6. The summed E-state index contributed by atoms with van der Waals surface area (Å²) < 4.78 is 20.2. The lowest BCUT2D eigenvalue weighted by molar-refractivity contribution is 0.0502. The molecule has 4 amide bonds. The van der Waals surface area contributed by atoms with Gasteiger partial charge in [0.25, 0.3) is 23.6 Å². The third-order valence-corrected chi connectivity index (χ3v) is 19.2. The van der Waals surface area contributed by atoms with Gasteiger partial charge in [0.05, 0.1) is 16.6 Å². The first-order chi connectivity index (χ1) is 36.1. The minimum Gasteiger partial charge on any atom is -0.377 e. The van der Waals surface area contributed by atoms with E-state index in [9.17, 15) is 0 Å². The summed E-state index contributed by atoms with van der Waals surface area (Å²) in [6.07, 6.45) is 20.0. The Labute approximate surface area is 439 Å². The smallest absolute Gasteiger partial charge is 0.377 e. The summed E-state index contributed by atoms with van der Waals surface area (Å²) in [5.41, 5.74) is 4.12. The zero-order valence-electron chi connectivity index (χ0n) is 45.2. The molecule has 6 aromatic carbocycles. The van der Waals surface area contributed by atoms with E-state index in [1.165, 1.54) is 0 Å². The highest BCUT2D eigenvalue weighted by molar-refractivity contribution is 6.60. The van der Waals surface area contributed by atoms with Crippen LogP contribution in [0.1, 0.15) is 198 Å². The van der Waals surface area contributed by atoms with Crippen molar-refractivity contribution < 1.29 is 32.5 Å². The first kappa shape index (κ1) is 53.3. The molecule has 0 unspecified atom stereocenters. The maximum absolute atomic E-state index is 16.1. The van der Waals surface area contributed by atoms with Crippen molar-refractivity contribution in [2.75, 3.05) is 21.3 Å². The van der Waals surface area contributed by atoms with Gasteiger partial charge in [-0.05, 0) is 65.4 Å². The van der Waals surface area contributed by atoms with Gasteiger partial charge < -0.3 is 17.8 Å². The fourth-order valence-electron chi connectivity index (χ4n) is 12.6. The quantitative estimate of drug-likeness (QED) is 0.0150. The van der Waals surface area contributed by atoms with Crippen LogP contribution in [0.2, 0.25) is 6.04 Å². The van der Waals surface area contributed by atoms with Crippen LogP contribution in [0.5, 0.6) is 0 Å². The Morgan fingerprint density at radius 3 is 1.39 bits per heavy atom. The zero-order chi connectivity index (χ0) is 52.1. The molecule has 2 aliphatic heterocycles. The number of aromatic nitrogens is 2. The first-order valence-corrected chi connectivity index (χ1v) is 30.2. The highest BCUT2D eigenvalue weighted by Crippen LogP contribution is 2.51. The third kappa shape index (κ3) is 9.58. The molecule has 0 saturated carbocycles. The van der Waals surface area contributed by atoms with Crippen LogP contribution in [0.3, 0.4) is 0 Å². The topological polar surface area (TPSA) is 120 Å².